The highest BCUT2D eigenvalue weighted by Crippen LogP contribution is 2.25. The van der Waals surface area contributed by atoms with Crippen LogP contribution in [-0.2, 0) is 11.2 Å². The van der Waals surface area contributed by atoms with Crippen LogP contribution in [0.1, 0.15) is 42.1 Å². The molecule has 2 nitrogen and oxygen atoms in total. The Kier molecular flexibility index (Phi) is 4.69. The number of hydrogen-bond acceptors (Lipinski definition) is 2. The van der Waals surface area contributed by atoms with Crippen molar-refractivity contribution in [2.24, 2.45) is 0 Å². The van der Waals surface area contributed by atoms with E-state index in [1.807, 2.05) is 18.2 Å². The molecule has 0 saturated carbocycles. The number of ether oxygens (including phenoxy) is 1. The predicted octanol–water partition coefficient (Wildman–Crippen LogP) is 3.88. The lowest BCUT2D eigenvalue weighted by Crippen LogP contribution is -2.11. The smallest absolute Gasteiger partial charge is 0.0814 e. The van der Waals surface area contributed by atoms with Crippen LogP contribution in [0, 0.1) is 0 Å². The fraction of sp³-hybridized carbons (Fsp3) is 0.368. The summed E-state index contributed by atoms with van der Waals surface area (Å²) in [5.74, 6) is 0. The van der Waals surface area contributed by atoms with Crippen LogP contribution in [0.5, 0.6) is 0 Å². The van der Waals surface area contributed by atoms with Crippen molar-refractivity contribution in [3.05, 3.63) is 71.3 Å². The van der Waals surface area contributed by atoms with Gasteiger partial charge in [-0.25, -0.2) is 0 Å². The Morgan fingerprint density at radius 1 is 1.00 bits per heavy atom. The summed E-state index contributed by atoms with van der Waals surface area (Å²) < 4.78 is 5.59. The minimum absolute atomic E-state index is 0.226. The Balaban J connectivity index is 1.60. The minimum Gasteiger partial charge on any atom is -0.388 e. The molecule has 2 unspecified atom stereocenters. The van der Waals surface area contributed by atoms with Crippen molar-refractivity contribution in [1.82, 2.24) is 0 Å². The van der Waals surface area contributed by atoms with Gasteiger partial charge in [0.2, 0.25) is 0 Å². The molecule has 1 heterocycles. The summed E-state index contributed by atoms with van der Waals surface area (Å²) in [5, 5.41) is 10.3. The van der Waals surface area contributed by atoms with Gasteiger partial charge in [0.25, 0.3) is 0 Å². The quantitative estimate of drug-likeness (QED) is 0.901. The zero-order valence-electron chi connectivity index (χ0n) is 12.2. The monoisotopic (exact) mass is 282 g/mol. The highest BCUT2D eigenvalue weighted by atomic mass is 16.5. The van der Waals surface area contributed by atoms with Crippen LogP contribution in [0.2, 0.25) is 0 Å². The summed E-state index contributed by atoms with van der Waals surface area (Å²) in [6, 6.07) is 18.7. The highest BCUT2D eigenvalue weighted by Gasteiger charge is 2.20. The van der Waals surface area contributed by atoms with E-state index in [0.29, 0.717) is 6.42 Å². The molecule has 2 aromatic rings. The van der Waals surface area contributed by atoms with Crippen molar-refractivity contribution in [2.75, 3.05) is 6.61 Å². The minimum atomic E-state index is -0.418. The van der Waals surface area contributed by atoms with Crippen molar-refractivity contribution < 1.29 is 9.84 Å². The van der Waals surface area contributed by atoms with Gasteiger partial charge in [-0.2, -0.15) is 0 Å². The topological polar surface area (TPSA) is 29.5 Å². The van der Waals surface area contributed by atoms with E-state index in [9.17, 15) is 5.11 Å². The predicted molar refractivity (Wildman–Crippen MR) is 84.2 cm³/mol. The summed E-state index contributed by atoms with van der Waals surface area (Å²) in [4.78, 5) is 0. The highest BCUT2D eigenvalue weighted by molar-refractivity contribution is 5.29. The second-order valence-corrected chi connectivity index (χ2v) is 5.79. The van der Waals surface area contributed by atoms with E-state index in [0.717, 1.165) is 31.4 Å². The number of aliphatic hydroxyl groups excluding tert-OH is 1. The first-order valence-corrected chi connectivity index (χ1v) is 7.74. The lowest BCUT2D eigenvalue weighted by Gasteiger charge is -2.16. The van der Waals surface area contributed by atoms with Crippen molar-refractivity contribution in [2.45, 2.75) is 37.9 Å². The van der Waals surface area contributed by atoms with Crippen molar-refractivity contribution in [1.29, 1.82) is 0 Å². The molecule has 1 N–H and O–H groups in total. The molecule has 1 saturated heterocycles. The summed E-state index contributed by atoms with van der Waals surface area (Å²) in [6.07, 6.45) is 3.64. The van der Waals surface area contributed by atoms with Crippen molar-refractivity contribution in [3.8, 4) is 0 Å². The van der Waals surface area contributed by atoms with Gasteiger partial charge in [-0.3, -0.25) is 0 Å². The molecule has 1 aliphatic heterocycles. The van der Waals surface area contributed by atoms with E-state index >= 15 is 0 Å². The third-order valence-corrected chi connectivity index (χ3v) is 4.13. The molecule has 0 amide bonds. The van der Waals surface area contributed by atoms with Gasteiger partial charge in [0.05, 0.1) is 12.2 Å². The molecule has 2 heteroatoms. The summed E-state index contributed by atoms with van der Waals surface area (Å²) in [5.41, 5.74) is 3.57. The van der Waals surface area contributed by atoms with Crippen LogP contribution < -0.4 is 0 Å². The number of benzene rings is 2. The maximum atomic E-state index is 10.3. The van der Waals surface area contributed by atoms with Crippen LogP contribution in [-0.4, -0.2) is 17.8 Å². The lowest BCUT2D eigenvalue weighted by atomic mass is 9.99. The molecule has 0 bridgehead atoms. The number of aliphatic hydroxyl groups is 1. The fourth-order valence-electron chi connectivity index (χ4n) is 2.90. The summed E-state index contributed by atoms with van der Waals surface area (Å²) in [6.45, 7) is 0.841. The number of hydrogen-bond donors (Lipinski definition) is 1. The standard InChI is InChI=1S/C19H22O2/c20-19(14-18-7-4-12-21-18)17-10-8-16(9-11-17)13-15-5-2-1-3-6-15/h1-3,5-6,8-11,18-20H,4,7,12-14H2. The van der Waals surface area contributed by atoms with Gasteiger partial charge < -0.3 is 9.84 Å². The molecule has 0 radical (unpaired) electrons. The van der Waals surface area contributed by atoms with Gasteiger partial charge in [0.15, 0.2) is 0 Å². The van der Waals surface area contributed by atoms with E-state index in [2.05, 4.69) is 36.4 Å². The Labute approximate surface area is 126 Å². The largest absolute Gasteiger partial charge is 0.388 e. The first kappa shape index (κ1) is 14.3. The second kappa shape index (κ2) is 6.88. The molecular formula is C19H22O2. The zero-order chi connectivity index (χ0) is 14.5. The molecule has 3 rings (SSSR count). The van der Waals surface area contributed by atoms with Gasteiger partial charge >= 0.3 is 0 Å². The van der Waals surface area contributed by atoms with Crippen LogP contribution in [0.3, 0.4) is 0 Å². The summed E-state index contributed by atoms with van der Waals surface area (Å²) >= 11 is 0. The van der Waals surface area contributed by atoms with Gasteiger partial charge in [-0.15, -0.1) is 0 Å². The normalized spacial score (nSPS) is 19.6. The average molecular weight is 282 g/mol. The molecule has 21 heavy (non-hydrogen) atoms. The fourth-order valence-corrected chi connectivity index (χ4v) is 2.90. The molecule has 1 fully saturated rings. The van der Waals surface area contributed by atoms with Gasteiger partial charge in [0.1, 0.15) is 0 Å². The number of rotatable bonds is 5. The first-order valence-electron chi connectivity index (χ1n) is 7.74. The van der Waals surface area contributed by atoms with E-state index in [1.165, 1.54) is 11.1 Å². The van der Waals surface area contributed by atoms with Crippen LogP contribution in [0.15, 0.2) is 54.6 Å². The van der Waals surface area contributed by atoms with E-state index in [1.54, 1.807) is 0 Å². The zero-order valence-corrected chi connectivity index (χ0v) is 12.2. The third-order valence-electron chi connectivity index (χ3n) is 4.13. The molecule has 0 aliphatic carbocycles. The van der Waals surface area contributed by atoms with Gasteiger partial charge in [-0.1, -0.05) is 54.6 Å². The maximum absolute atomic E-state index is 10.3. The molecule has 1 aliphatic rings. The maximum Gasteiger partial charge on any atom is 0.0814 e. The molecule has 0 spiro atoms. The SMILES string of the molecule is OC(CC1CCCO1)c1ccc(Cc2ccccc2)cc1. The van der Waals surface area contributed by atoms with Gasteiger partial charge in [-0.05, 0) is 36.0 Å². The second-order valence-electron chi connectivity index (χ2n) is 5.79. The molecule has 2 aromatic carbocycles. The van der Waals surface area contributed by atoms with Crippen LogP contribution in [0.4, 0.5) is 0 Å². The van der Waals surface area contributed by atoms with Crippen LogP contribution in [0.25, 0.3) is 0 Å². The Morgan fingerprint density at radius 2 is 1.71 bits per heavy atom. The van der Waals surface area contributed by atoms with E-state index in [4.69, 9.17) is 4.74 Å². The Morgan fingerprint density at radius 3 is 2.38 bits per heavy atom. The molecule has 0 aromatic heterocycles. The third kappa shape index (κ3) is 3.93. The molecular weight excluding hydrogens is 260 g/mol. The lowest BCUT2D eigenvalue weighted by molar-refractivity contribution is 0.0535. The van der Waals surface area contributed by atoms with E-state index in [-0.39, 0.29) is 6.10 Å². The molecule has 2 atom stereocenters. The Bertz CT molecular complexity index is 542. The Hall–Kier alpha value is -1.64. The van der Waals surface area contributed by atoms with Gasteiger partial charge in [0, 0.05) is 13.0 Å². The van der Waals surface area contributed by atoms with Crippen molar-refractivity contribution >= 4 is 0 Å². The van der Waals surface area contributed by atoms with Crippen molar-refractivity contribution in [3.63, 3.8) is 0 Å². The summed E-state index contributed by atoms with van der Waals surface area (Å²) in [7, 11) is 0. The van der Waals surface area contributed by atoms with E-state index < -0.39 is 6.10 Å². The molecule has 110 valence electrons. The average Bonchev–Trinajstić information content (AvgIpc) is 3.02. The van der Waals surface area contributed by atoms with Crippen LogP contribution >= 0.6 is 0 Å². The first-order chi connectivity index (χ1) is 10.3.